The van der Waals surface area contributed by atoms with Crippen molar-refractivity contribution in [1.29, 1.82) is 0 Å². The molecule has 0 spiro atoms. The fourth-order valence-corrected chi connectivity index (χ4v) is 2.83. The van der Waals surface area contributed by atoms with E-state index >= 15 is 0 Å². The minimum atomic E-state index is 0.147. The van der Waals surface area contributed by atoms with E-state index < -0.39 is 0 Å². The molecular formula is C15H21ClN2O. The Labute approximate surface area is 119 Å². The van der Waals surface area contributed by atoms with Crippen LogP contribution in [0.25, 0.3) is 0 Å². The number of aromatic nitrogens is 2. The third-order valence-corrected chi connectivity index (χ3v) is 4.15. The summed E-state index contributed by atoms with van der Waals surface area (Å²) < 4.78 is 1.83. The first-order chi connectivity index (χ1) is 9.11. The molecule has 1 aromatic rings. The second-order valence-corrected chi connectivity index (χ2v) is 5.55. The van der Waals surface area contributed by atoms with Gasteiger partial charge in [0.05, 0.1) is 22.8 Å². The topological polar surface area (TPSA) is 34.9 Å². The molecule has 0 aliphatic heterocycles. The average Bonchev–Trinajstić information content (AvgIpc) is 2.67. The van der Waals surface area contributed by atoms with E-state index in [1.807, 2.05) is 24.6 Å². The largest absolute Gasteiger partial charge is 0.294 e. The Morgan fingerprint density at radius 3 is 2.68 bits per heavy atom. The van der Waals surface area contributed by atoms with Crippen LogP contribution in [0.5, 0.6) is 0 Å². The molecule has 1 aromatic heterocycles. The third kappa shape index (κ3) is 3.47. The summed E-state index contributed by atoms with van der Waals surface area (Å²) in [7, 11) is 0. The standard InChI is InChI=1S/C15H21ClN2O/c1-3-18-14(15(16)11(2)17-18)10-13(19)9-12-7-5-4-6-8-12/h9H,3-8,10H2,1-2H3. The highest BCUT2D eigenvalue weighted by Gasteiger charge is 2.15. The van der Waals surface area contributed by atoms with Gasteiger partial charge in [-0.3, -0.25) is 9.48 Å². The SMILES string of the molecule is CCn1nc(C)c(Cl)c1CC(=O)C=C1CCCCC1. The molecule has 1 fully saturated rings. The molecule has 0 saturated heterocycles. The first-order valence-corrected chi connectivity index (χ1v) is 7.43. The van der Waals surface area contributed by atoms with Crippen LogP contribution in [0.15, 0.2) is 11.6 Å². The highest BCUT2D eigenvalue weighted by atomic mass is 35.5. The quantitative estimate of drug-likeness (QED) is 0.785. The van der Waals surface area contributed by atoms with Crippen LogP contribution in [0.4, 0.5) is 0 Å². The molecule has 3 nitrogen and oxygen atoms in total. The van der Waals surface area contributed by atoms with Crippen molar-refractivity contribution in [2.75, 3.05) is 0 Å². The van der Waals surface area contributed by atoms with Gasteiger partial charge in [-0.05, 0) is 45.6 Å². The van der Waals surface area contributed by atoms with Crippen LogP contribution in [0.1, 0.15) is 50.4 Å². The normalized spacial score (nSPS) is 15.6. The maximum atomic E-state index is 12.1. The van der Waals surface area contributed by atoms with Crippen LogP contribution in [0.2, 0.25) is 5.02 Å². The van der Waals surface area contributed by atoms with Gasteiger partial charge in [-0.1, -0.05) is 23.6 Å². The third-order valence-electron chi connectivity index (χ3n) is 3.66. The van der Waals surface area contributed by atoms with E-state index in [-0.39, 0.29) is 5.78 Å². The van der Waals surface area contributed by atoms with Gasteiger partial charge in [-0.15, -0.1) is 0 Å². The molecule has 0 unspecified atom stereocenters. The maximum Gasteiger partial charge on any atom is 0.161 e. The maximum absolute atomic E-state index is 12.1. The Bertz CT molecular complexity index is 494. The van der Waals surface area contributed by atoms with Gasteiger partial charge < -0.3 is 0 Å². The van der Waals surface area contributed by atoms with Crippen LogP contribution >= 0.6 is 11.6 Å². The molecule has 0 bridgehead atoms. The molecule has 0 radical (unpaired) electrons. The highest BCUT2D eigenvalue weighted by Crippen LogP contribution is 2.24. The number of halogens is 1. The molecule has 1 heterocycles. The first-order valence-electron chi connectivity index (χ1n) is 7.06. The predicted octanol–water partition coefficient (Wildman–Crippen LogP) is 3.87. The molecule has 104 valence electrons. The minimum Gasteiger partial charge on any atom is -0.294 e. The van der Waals surface area contributed by atoms with Gasteiger partial charge in [-0.25, -0.2) is 0 Å². The lowest BCUT2D eigenvalue weighted by Gasteiger charge is -2.13. The first kappa shape index (κ1) is 14.3. The van der Waals surface area contributed by atoms with Gasteiger partial charge in [0.15, 0.2) is 5.78 Å². The lowest BCUT2D eigenvalue weighted by molar-refractivity contribution is -0.114. The summed E-state index contributed by atoms with van der Waals surface area (Å²) in [5.41, 5.74) is 2.95. The van der Waals surface area contributed by atoms with E-state index in [1.165, 1.54) is 24.8 Å². The second kappa shape index (κ2) is 6.38. The number of nitrogens with zero attached hydrogens (tertiary/aromatic N) is 2. The summed E-state index contributed by atoms with van der Waals surface area (Å²) in [4.78, 5) is 12.1. The lowest BCUT2D eigenvalue weighted by Crippen LogP contribution is -2.09. The van der Waals surface area contributed by atoms with Gasteiger partial charge in [0.25, 0.3) is 0 Å². The molecule has 4 heteroatoms. The average molecular weight is 281 g/mol. The monoisotopic (exact) mass is 280 g/mol. The number of carbonyl (C=O) groups excluding carboxylic acids is 1. The number of allylic oxidation sites excluding steroid dienone is 2. The Hall–Kier alpha value is -1.09. The zero-order valence-corrected chi connectivity index (χ0v) is 12.5. The van der Waals surface area contributed by atoms with E-state index in [1.54, 1.807) is 0 Å². The van der Waals surface area contributed by atoms with Gasteiger partial charge in [-0.2, -0.15) is 5.10 Å². The summed E-state index contributed by atoms with van der Waals surface area (Å²) in [5.74, 6) is 0.147. The van der Waals surface area contributed by atoms with Gasteiger partial charge in [0.2, 0.25) is 0 Å². The van der Waals surface area contributed by atoms with Crippen molar-refractivity contribution in [2.24, 2.45) is 0 Å². The van der Waals surface area contributed by atoms with E-state index in [4.69, 9.17) is 11.6 Å². The zero-order chi connectivity index (χ0) is 13.8. The summed E-state index contributed by atoms with van der Waals surface area (Å²) in [6.45, 7) is 4.63. The van der Waals surface area contributed by atoms with Crippen molar-refractivity contribution in [3.8, 4) is 0 Å². The number of aryl methyl sites for hydroxylation is 2. The van der Waals surface area contributed by atoms with E-state index in [2.05, 4.69) is 5.10 Å². The molecule has 1 aliphatic rings. The van der Waals surface area contributed by atoms with Crippen molar-refractivity contribution in [1.82, 2.24) is 9.78 Å². The smallest absolute Gasteiger partial charge is 0.161 e. The Kier molecular flexibility index (Phi) is 4.81. The molecule has 0 aromatic carbocycles. The van der Waals surface area contributed by atoms with Gasteiger partial charge in [0, 0.05) is 6.54 Å². The number of ketones is 1. The number of rotatable bonds is 4. The van der Waals surface area contributed by atoms with Crippen molar-refractivity contribution >= 4 is 17.4 Å². The van der Waals surface area contributed by atoms with Crippen molar-refractivity contribution < 1.29 is 4.79 Å². The summed E-state index contributed by atoms with van der Waals surface area (Å²) in [6, 6.07) is 0. The number of hydrogen-bond acceptors (Lipinski definition) is 2. The number of hydrogen-bond donors (Lipinski definition) is 0. The van der Waals surface area contributed by atoms with Crippen molar-refractivity contribution in [3.05, 3.63) is 28.1 Å². The van der Waals surface area contributed by atoms with Gasteiger partial charge in [0.1, 0.15) is 0 Å². The van der Waals surface area contributed by atoms with Crippen molar-refractivity contribution in [2.45, 2.75) is 58.9 Å². The van der Waals surface area contributed by atoms with Crippen LogP contribution in [-0.2, 0) is 17.8 Å². The fraction of sp³-hybridized carbons (Fsp3) is 0.600. The molecule has 2 rings (SSSR count). The minimum absolute atomic E-state index is 0.147. The summed E-state index contributed by atoms with van der Waals surface area (Å²) >= 11 is 6.22. The Morgan fingerprint density at radius 1 is 1.37 bits per heavy atom. The Morgan fingerprint density at radius 2 is 2.05 bits per heavy atom. The van der Waals surface area contributed by atoms with Crippen LogP contribution in [0, 0.1) is 6.92 Å². The Balaban J connectivity index is 2.10. The highest BCUT2D eigenvalue weighted by molar-refractivity contribution is 6.32. The fourth-order valence-electron chi connectivity index (χ4n) is 2.63. The lowest BCUT2D eigenvalue weighted by atomic mass is 9.93. The zero-order valence-electron chi connectivity index (χ0n) is 11.7. The van der Waals surface area contributed by atoms with E-state index in [9.17, 15) is 4.79 Å². The van der Waals surface area contributed by atoms with Crippen LogP contribution in [-0.4, -0.2) is 15.6 Å². The second-order valence-electron chi connectivity index (χ2n) is 5.17. The molecule has 19 heavy (non-hydrogen) atoms. The van der Waals surface area contributed by atoms with Crippen molar-refractivity contribution in [3.63, 3.8) is 0 Å². The molecular weight excluding hydrogens is 260 g/mol. The van der Waals surface area contributed by atoms with Crippen LogP contribution < -0.4 is 0 Å². The molecule has 1 aliphatic carbocycles. The van der Waals surface area contributed by atoms with Crippen LogP contribution in [0.3, 0.4) is 0 Å². The molecule has 0 atom stereocenters. The molecule has 0 N–H and O–H groups in total. The van der Waals surface area contributed by atoms with E-state index in [0.717, 1.165) is 30.8 Å². The van der Waals surface area contributed by atoms with Gasteiger partial charge >= 0.3 is 0 Å². The summed E-state index contributed by atoms with van der Waals surface area (Å²) in [6.07, 6.45) is 8.06. The predicted molar refractivity (Wildman–Crippen MR) is 77.5 cm³/mol. The molecule has 1 saturated carbocycles. The number of carbonyl (C=O) groups is 1. The summed E-state index contributed by atoms with van der Waals surface area (Å²) in [5, 5.41) is 4.98. The van der Waals surface area contributed by atoms with E-state index in [0.29, 0.717) is 11.4 Å². The molecule has 0 amide bonds.